The molecule has 1 aromatic heterocycles. The molecule has 0 saturated carbocycles. The predicted molar refractivity (Wildman–Crippen MR) is 70.5 cm³/mol. The number of hydrogen-bond acceptors (Lipinski definition) is 4. The maximum absolute atomic E-state index is 5.56. The molecule has 0 atom stereocenters. The average molecular weight is 243 g/mol. The van der Waals surface area contributed by atoms with Crippen LogP contribution in [0, 0.1) is 0 Å². The quantitative estimate of drug-likeness (QED) is 0.877. The molecule has 0 unspecified atom stereocenters. The molecule has 0 aliphatic heterocycles. The molecule has 0 saturated heterocycles. The first-order valence-corrected chi connectivity index (χ1v) is 6.03. The second kappa shape index (κ2) is 6.12. The largest absolute Gasteiger partial charge is 0.438 e. The Balaban J connectivity index is 1.95. The molecule has 0 amide bonds. The van der Waals surface area contributed by atoms with E-state index in [4.69, 9.17) is 4.74 Å². The van der Waals surface area contributed by atoms with Gasteiger partial charge in [-0.2, -0.15) is 5.10 Å². The molecule has 1 heterocycles. The van der Waals surface area contributed by atoms with Gasteiger partial charge in [-0.1, -0.05) is 32.0 Å². The smallest absolute Gasteiger partial charge is 0.238 e. The van der Waals surface area contributed by atoms with Crippen LogP contribution in [0.25, 0.3) is 0 Å². The molecule has 0 radical (unpaired) electrons. The summed E-state index contributed by atoms with van der Waals surface area (Å²) in [6.45, 7) is 4.91. The predicted octanol–water partition coefficient (Wildman–Crippen LogP) is 2.77. The number of hydrogen-bond donors (Lipinski definition) is 1. The fourth-order valence-corrected chi connectivity index (χ4v) is 1.41. The summed E-state index contributed by atoms with van der Waals surface area (Å²) >= 11 is 0. The van der Waals surface area contributed by atoms with Gasteiger partial charge in [-0.3, -0.25) is 0 Å². The van der Waals surface area contributed by atoms with E-state index in [1.54, 1.807) is 0 Å². The minimum atomic E-state index is 0.437. The summed E-state index contributed by atoms with van der Waals surface area (Å²) in [6.07, 6.45) is 0. The van der Waals surface area contributed by atoms with Crippen molar-refractivity contribution in [2.75, 3.05) is 0 Å². The normalized spacial score (nSPS) is 10.6. The molecule has 18 heavy (non-hydrogen) atoms. The zero-order chi connectivity index (χ0) is 12.8. The second-order valence-electron chi connectivity index (χ2n) is 4.31. The number of nitrogens with one attached hydrogen (secondary N) is 1. The Kier molecular flexibility index (Phi) is 4.25. The Morgan fingerprint density at radius 1 is 1.06 bits per heavy atom. The highest BCUT2D eigenvalue weighted by Crippen LogP contribution is 2.17. The SMILES string of the molecule is CC(C)NCc1ccc(Oc2ccccc2)nn1. The minimum Gasteiger partial charge on any atom is -0.438 e. The number of ether oxygens (including phenoxy) is 1. The first kappa shape index (κ1) is 12.5. The molecular formula is C14H17N3O. The maximum atomic E-state index is 5.56. The molecule has 0 fully saturated rings. The number of para-hydroxylation sites is 1. The van der Waals surface area contributed by atoms with Gasteiger partial charge in [-0.15, -0.1) is 5.10 Å². The van der Waals surface area contributed by atoms with E-state index in [1.807, 2.05) is 42.5 Å². The Morgan fingerprint density at radius 3 is 2.44 bits per heavy atom. The van der Waals surface area contributed by atoms with Crippen LogP contribution in [0.5, 0.6) is 11.6 Å². The van der Waals surface area contributed by atoms with Gasteiger partial charge in [0.25, 0.3) is 0 Å². The van der Waals surface area contributed by atoms with Crippen molar-refractivity contribution in [3.8, 4) is 11.6 Å². The van der Waals surface area contributed by atoms with Crippen molar-refractivity contribution in [3.63, 3.8) is 0 Å². The summed E-state index contributed by atoms with van der Waals surface area (Å²) in [6, 6.07) is 13.7. The van der Waals surface area contributed by atoms with Gasteiger partial charge in [0.1, 0.15) is 5.75 Å². The molecule has 94 valence electrons. The van der Waals surface area contributed by atoms with E-state index in [0.29, 0.717) is 11.9 Å². The van der Waals surface area contributed by atoms with Gasteiger partial charge < -0.3 is 10.1 Å². The van der Waals surface area contributed by atoms with Crippen molar-refractivity contribution in [3.05, 3.63) is 48.2 Å². The monoisotopic (exact) mass is 243 g/mol. The molecule has 0 bridgehead atoms. The second-order valence-corrected chi connectivity index (χ2v) is 4.31. The lowest BCUT2D eigenvalue weighted by Gasteiger charge is -2.07. The van der Waals surface area contributed by atoms with E-state index in [2.05, 4.69) is 29.4 Å². The van der Waals surface area contributed by atoms with Crippen LogP contribution < -0.4 is 10.1 Å². The van der Waals surface area contributed by atoms with Crippen LogP contribution >= 0.6 is 0 Å². The van der Waals surface area contributed by atoms with Crippen molar-refractivity contribution in [2.24, 2.45) is 0 Å². The summed E-state index contributed by atoms with van der Waals surface area (Å²) in [5.41, 5.74) is 0.907. The summed E-state index contributed by atoms with van der Waals surface area (Å²) < 4.78 is 5.56. The van der Waals surface area contributed by atoms with Gasteiger partial charge in [0.2, 0.25) is 5.88 Å². The van der Waals surface area contributed by atoms with Crippen molar-refractivity contribution in [1.82, 2.24) is 15.5 Å². The zero-order valence-corrected chi connectivity index (χ0v) is 10.6. The highest BCUT2D eigenvalue weighted by Gasteiger charge is 2.01. The maximum Gasteiger partial charge on any atom is 0.238 e. The van der Waals surface area contributed by atoms with Crippen LogP contribution in [0.4, 0.5) is 0 Å². The molecule has 4 nitrogen and oxygen atoms in total. The summed E-state index contributed by atoms with van der Waals surface area (Å²) in [4.78, 5) is 0. The third kappa shape index (κ3) is 3.82. The van der Waals surface area contributed by atoms with Crippen LogP contribution in [0.1, 0.15) is 19.5 Å². The van der Waals surface area contributed by atoms with Gasteiger partial charge in [0.05, 0.1) is 5.69 Å². The van der Waals surface area contributed by atoms with E-state index in [1.165, 1.54) is 0 Å². The molecule has 0 aliphatic rings. The fourth-order valence-electron chi connectivity index (χ4n) is 1.41. The van der Waals surface area contributed by atoms with Crippen molar-refractivity contribution < 1.29 is 4.74 Å². The molecule has 2 aromatic rings. The summed E-state index contributed by atoms with van der Waals surface area (Å²) in [5.74, 6) is 1.27. The molecule has 2 rings (SSSR count). The molecule has 1 aromatic carbocycles. The molecule has 0 spiro atoms. The van der Waals surface area contributed by atoms with Crippen LogP contribution in [-0.4, -0.2) is 16.2 Å². The average Bonchev–Trinajstić information content (AvgIpc) is 2.39. The Bertz CT molecular complexity index is 468. The number of aromatic nitrogens is 2. The van der Waals surface area contributed by atoms with Crippen LogP contribution in [0.2, 0.25) is 0 Å². The van der Waals surface area contributed by atoms with Crippen LogP contribution in [0.15, 0.2) is 42.5 Å². The minimum absolute atomic E-state index is 0.437. The van der Waals surface area contributed by atoms with Gasteiger partial charge in [-0.05, 0) is 18.2 Å². The van der Waals surface area contributed by atoms with E-state index >= 15 is 0 Å². The Hall–Kier alpha value is -1.94. The van der Waals surface area contributed by atoms with Gasteiger partial charge in [-0.25, -0.2) is 0 Å². The first-order chi connectivity index (χ1) is 8.74. The third-order valence-electron chi connectivity index (χ3n) is 2.35. The summed E-state index contributed by atoms with van der Waals surface area (Å²) in [5, 5.41) is 11.4. The van der Waals surface area contributed by atoms with Crippen LogP contribution in [0.3, 0.4) is 0 Å². The van der Waals surface area contributed by atoms with Crippen molar-refractivity contribution >= 4 is 0 Å². The lowest BCUT2D eigenvalue weighted by atomic mass is 10.3. The fraction of sp³-hybridized carbons (Fsp3) is 0.286. The first-order valence-electron chi connectivity index (χ1n) is 6.03. The summed E-state index contributed by atoms with van der Waals surface area (Å²) in [7, 11) is 0. The van der Waals surface area contributed by atoms with Gasteiger partial charge in [0.15, 0.2) is 0 Å². The number of nitrogens with zero attached hydrogens (tertiary/aromatic N) is 2. The van der Waals surface area contributed by atoms with E-state index in [0.717, 1.165) is 18.0 Å². The van der Waals surface area contributed by atoms with Crippen molar-refractivity contribution in [1.29, 1.82) is 0 Å². The molecular weight excluding hydrogens is 226 g/mol. The van der Waals surface area contributed by atoms with E-state index in [9.17, 15) is 0 Å². The zero-order valence-electron chi connectivity index (χ0n) is 10.6. The van der Waals surface area contributed by atoms with Crippen molar-refractivity contribution in [2.45, 2.75) is 26.4 Å². The van der Waals surface area contributed by atoms with E-state index in [-0.39, 0.29) is 0 Å². The van der Waals surface area contributed by atoms with Gasteiger partial charge >= 0.3 is 0 Å². The molecule has 4 heteroatoms. The van der Waals surface area contributed by atoms with Gasteiger partial charge in [0, 0.05) is 18.7 Å². The lowest BCUT2D eigenvalue weighted by Crippen LogP contribution is -2.22. The Labute approximate surface area is 107 Å². The number of rotatable bonds is 5. The van der Waals surface area contributed by atoms with Crippen LogP contribution in [-0.2, 0) is 6.54 Å². The molecule has 0 aliphatic carbocycles. The topological polar surface area (TPSA) is 47.0 Å². The highest BCUT2D eigenvalue weighted by molar-refractivity contribution is 5.26. The highest BCUT2D eigenvalue weighted by atomic mass is 16.5. The molecule has 1 N–H and O–H groups in total. The Morgan fingerprint density at radius 2 is 1.83 bits per heavy atom. The third-order valence-corrected chi connectivity index (χ3v) is 2.35. The lowest BCUT2D eigenvalue weighted by molar-refractivity contribution is 0.452. The standard InChI is InChI=1S/C14H17N3O/c1-11(2)15-10-12-8-9-14(17-16-12)18-13-6-4-3-5-7-13/h3-9,11,15H,10H2,1-2H3. The van der Waals surface area contributed by atoms with E-state index < -0.39 is 0 Å². The number of benzene rings is 1.